The second-order valence-corrected chi connectivity index (χ2v) is 6.62. The maximum atomic E-state index is 6.68. The van der Waals surface area contributed by atoms with Crippen molar-refractivity contribution in [3.05, 3.63) is 83.1 Å². The number of nitrogens with two attached hydrogens (primary N) is 1. The molecule has 1 aliphatic heterocycles. The van der Waals surface area contributed by atoms with Crippen molar-refractivity contribution in [2.45, 2.75) is 25.4 Å². The highest BCUT2D eigenvalue weighted by molar-refractivity contribution is 5.77. The Bertz CT molecular complexity index is 870. The number of aryl methyl sites for hydroxylation is 2. The monoisotopic (exact) mass is 318 g/mol. The van der Waals surface area contributed by atoms with E-state index in [2.05, 4.69) is 53.7 Å². The van der Waals surface area contributed by atoms with Gasteiger partial charge >= 0.3 is 0 Å². The standard InChI is InChI=1S/C20H22N4/c1-13-5-6-14-10-18-15(4-3-7-23-18)9-17(16(14)8-13)20(21)19-11-22-12-24(19)2/h3-9,11-12,18,20,23H,10,21H2,1-2H3. The van der Waals surface area contributed by atoms with Gasteiger partial charge in [0.05, 0.1) is 30.3 Å². The predicted molar refractivity (Wildman–Crippen MR) is 97.1 cm³/mol. The van der Waals surface area contributed by atoms with Crippen LogP contribution in [0.2, 0.25) is 0 Å². The Hall–Kier alpha value is -2.59. The highest BCUT2D eigenvalue weighted by atomic mass is 15.0. The van der Waals surface area contributed by atoms with Crippen LogP contribution in [0.1, 0.15) is 28.4 Å². The number of nitrogens with zero attached hydrogens (tertiary/aromatic N) is 2. The van der Waals surface area contributed by atoms with Crippen LogP contribution >= 0.6 is 0 Å². The van der Waals surface area contributed by atoms with Gasteiger partial charge in [-0.3, -0.25) is 0 Å². The Morgan fingerprint density at radius 2 is 2.25 bits per heavy atom. The van der Waals surface area contributed by atoms with Crippen LogP contribution in [0.15, 0.2) is 60.7 Å². The smallest absolute Gasteiger partial charge is 0.0946 e. The minimum atomic E-state index is -0.205. The fourth-order valence-electron chi connectivity index (χ4n) is 3.57. The second kappa shape index (κ2) is 5.80. The Kier molecular flexibility index (Phi) is 3.62. The van der Waals surface area contributed by atoms with Crippen molar-refractivity contribution < 1.29 is 0 Å². The summed E-state index contributed by atoms with van der Waals surface area (Å²) in [6.07, 6.45) is 13.1. The number of rotatable bonds is 2. The molecule has 2 atom stereocenters. The fraction of sp³-hybridized carbons (Fsp3) is 0.250. The molecule has 0 fully saturated rings. The van der Waals surface area contributed by atoms with E-state index in [9.17, 15) is 0 Å². The lowest BCUT2D eigenvalue weighted by Crippen LogP contribution is -2.29. The number of nitrogens with one attached hydrogen (secondary N) is 1. The largest absolute Gasteiger partial charge is 0.384 e. The van der Waals surface area contributed by atoms with Gasteiger partial charge in [-0.05, 0) is 47.9 Å². The molecule has 2 heterocycles. The number of dihydropyridines is 1. The SMILES string of the molecule is Cc1ccc2c(c1)C(C(N)c1cncn1C)=CC1=CC=CNC1C2. The molecule has 4 heteroatoms. The fourth-order valence-corrected chi connectivity index (χ4v) is 3.57. The molecule has 4 rings (SSSR count). The lowest BCUT2D eigenvalue weighted by molar-refractivity contribution is 0.668. The average Bonchev–Trinajstić information content (AvgIpc) is 2.93. The second-order valence-electron chi connectivity index (χ2n) is 6.62. The van der Waals surface area contributed by atoms with Crippen LogP contribution in [0, 0.1) is 6.92 Å². The summed E-state index contributed by atoms with van der Waals surface area (Å²) in [6, 6.07) is 6.76. The molecule has 1 aliphatic carbocycles. The number of allylic oxidation sites excluding steroid dienone is 2. The van der Waals surface area contributed by atoms with E-state index < -0.39 is 0 Å². The van der Waals surface area contributed by atoms with E-state index in [-0.39, 0.29) is 6.04 Å². The van der Waals surface area contributed by atoms with Crippen LogP contribution in [-0.4, -0.2) is 15.6 Å². The van der Waals surface area contributed by atoms with Crippen molar-refractivity contribution in [3.8, 4) is 0 Å². The van der Waals surface area contributed by atoms with E-state index in [0.29, 0.717) is 6.04 Å². The molecule has 0 saturated heterocycles. The van der Waals surface area contributed by atoms with Crippen LogP contribution in [0.3, 0.4) is 0 Å². The maximum absolute atomic E-state index is 6.68. The van der Waals surface area contributed by atoms with Gasteiger partial charge in [0.2, 0.25) is 0 Å². The molecule has 0 amide bonds. The first-order valence-electron chi connectivity index (χ1n) is 8.29. The predicted octanol–water partition coefficient (Wildman–Crippen LogP) is 2.78. The Morgan fingerprint density at radius 1 is 1.38 bits per heavy atom. The molecule has 2 unspecified atom stereocenters. The Labute approximate surface area is 142 Å². The van der Waals surface area contributed by atoms with Crippen LogP contribution in [0.4, 0.5) is 0 Å². The van der Waals surface area contributed by atoms with E-state index in [1.165, 1.54) is 22.3 Å². The summed E-state index contributed by atoms with van der Waals surface area (Å²) >= 11 is 0. The molecule has 2 aliphatic rings. The molecule has 0 spiro atoms. The van der Waals surface area contributed by atoms with Gasteiger partial charge in [-0.2, -0.15) is 0 Å². The molecule has 0 bridgehead atoms. The summed E-state index contributed by atoms with van der Waals surface area (Å²) in [7, 11) is 1.99. The van der Waals surface area contributed by atoms with Crippen LogP contribution < -0.4 is 11.1 Å². The van der Waals surface area contributed by atoms with E-state index in [1.807, 2.05) is 24.0 Å². The molecule has 1 aromatic heterocycles. The zero-order chi connectivity index (χ0) is 16.7. The van der Waals surface area contributed by atoms with Gasteiger partial charge in [-0.1, -0.05) is 35.9 Å². The van der Waals surface area contributed by atoms with Crippen molar-refractivity contribution in [3.63, 3.8) is 0 Å². The van der Waals surface area contributed by atoms with E-state index in [1.54, 1.807) is 6.33 Å². The molecule has 2 aromatic rings. The van der Waals surface area contributed by atoms with Crippen molar-refractivity contribution in [2.24, 2.45) is 12.8 Å². The third kappa shape index (κ3) is 2.49. The first-order chi connectivity index (χ1) is 11.6. The van der Waals surface area contributed by atoms with Crippen molar-refractivity contribution in [1.29, 1.82) is 0 Å². The molecule has 24 heavy (non-hydrogen) atoms. The number of benzene rings is 1. The summed E-state index contributed by atoms with van der Waals surface area (Å²) in [4.78, 5) is 4.23. The highest BCUT2D eigenvalue weighted by Crippen LogP contribution is 2.36. The van der Waals surface area contributed by atoms with Gasteiger partial charge in [0.25, 0.3) is 0 Å². The van der Waals surface area contributed by atoms with Gasteiger partial charge in [0, 0.05) is 7.05 Å². The molecule has 0 radical (unpaired) electrons. The van der Waals surface area contributed by atoms with Crippen LogP contribution in [0.5, 0.6) is 0 Å². The lowest BCUT2D eigenvalue weighted by atomic mass is 9.91. The highest BCUT2D eigenvalue weighted by Gasteiger charge is 2.26. The topological polar surface area (TPSA) is 55.9 Å². The molecular weight excluding hydrogens is 296 g/mol. The third-order valence-electron chi connectivity index (χ3n) is 4.91. The molecule has 0 saturated carbocycles. The number of hydrogen-bond donors (Lipinski definition) is 2. The first kappa shape index (κ1) is 15.0. The van der Waals surface area contributed by atoms with E-state index in [4.69, 9.17) is 5.73 Å². The average molecular weight is 318 g/mol. The van der Waals surface area contributed by atoms with E-state index >= 15 is 0 Å². The summed E-state index contributed by atoms with van der Waals surface area (Å²) in [5, 5.41) is 3.47. The Balaban J connectivity index is 1.89. The van der Waals surface area contributed by atoms with Gasteiger partial charge in [-0.15, -0.1) is 0 Å². The Morgan fingerprint density at radius 3 is 3.04 bits per heavy atom. The van der Waals surface area contributed by atoms with Crippen molar-refractivity contribution in [1.82, 2.24) is 14.9 Å². The third-order valence-corrected chi connectivity index (χ3v) is 4.91. The quantitative estimate of drug-likeness (QED) is 0.895. The van der Waals surface area contributed by atoms with Gasteiger partial charge in [0.1, 0.15) is 0 Å². The number of imidazole rings is 1. The van der Waals surface area contributed by atoms with Gasteiger partial charge < -0.3 is 15.6 Å². The summed E-state index contributed by atoms with van der Waals surface area (Å²) in [5.74, 6) is 0. The van der Waals surface area contributed by atoms with Crippen molar-refractivity contribution >= 4 is 5.57 Å². The van der Waals surface area contributed by atoms with Gasteiger partial charge in [0.15, 0.2) is 0 Å². The molecule has 3 N–H and O–H groups in total. The van der Waals surface area contributed by atoms with Crippen LogP contribution in [0.25, 0.3) is 5.57 Å². The maximum Gasteiger partial charge on any atom is 0.0946 e. The number of aromatic nitrogens is 2. The summed E-state index contributed by atoms with van der Waals surface area (Å²) < 4.78 is 2.00. The molecule has 4 nitrogen and oxygen atoms in total. The van der Waals surface area contributed by atoms with Gasteiger partial charge in [-0.25, -0.2) is 4.98 Å². The summed E-state index contributed by atoms with van der Waals surface area (Å²) in [6.45, 7) is 2.13. The lowest BCUT2D eigenvalue weighted by Gasteiger charge is -2.20. The molecule has 122 valence electrons. The first-order valence-corrected chi connectivity index (χ1v) is 8.29. The summed E-state index contributed by atoms with van der Waals surface area (Å²) in [5.41, 5.74) is 14.0. The minimum absolute atomic E-state index is 0.205. The normalized spacial score (nSPS) is 20.2. The number of fused-ring (bicyclic) bond motifs is 2. The minimum Gasteiger partial charge on any atom is -0.384 e. The zero-order valence-electron chi connectivity index (χ0n) is 14.0. The van der Waals surface area contributed by atoms with Crippen molar-refractivity contribution in [2.75, 3.05) is 0 Å². The zero-order valence-corrected chi connectivity index (χ0v) is 14.0. The molecular formula is C20H22N4. The van der Waals surface area contributed by atoms with E-state index in [0.717, 1.165) is 17.7 Å². The van der Waals surface area contributed by atoms with Crippen LogP contribution in [-0.2, 0) is 13.5 Å². The molecule has 1 aromatic carbocycles. The number of hydrogen-bond acceptors (Lipinski definition) is 3.